The van der Waals surface area contributed by atoms with E-state index >= 15 is 0 Å². The molecular formula is C5H8BrF2NO2. The molecule has 0 aliphatic heterocycles. The second kappa shape index (κ2) is 6.33. The predicted octanol–water partition coefficient (Wildman–Crippen LogP) is 1.72. The van der Waals surface area contributed by atoms with E-state index in [1.165, 1.54) is 0 Å². The van der Waals surface area contributed by atoms with Crippen molar-refractivity contribution in [1.29, 1.82) is 0 Å². The minimum atomic E-state index is -3.04. The maximum Gasteiger partial charge on any atom is 0.411 e. The van der Waals surface area contributed by atoms with Gasteiger partial charge in [-0.1, -0.05) is 15.9 Å². The van der Waals surface area contributed by atoms with E-state index in [9.17, 15) is 13.6 Å². The Bertz CT molecular complexity index is 123. The molecule has 0 radical (unpaired) electrons. The fraction of sp³-hybridized carbons (Fsp3) is 0.800. The van der Waals surface area contributed by atoms with Crippen LogP contribution in [0, 0.1) is 0 Å². The lowest BCUT2D eigenvalue weighted by molar-refractivity contribution is -0.0813. The topological polar surface area (TPSA) is 38.3 Å². The standard InChI is InChI=1S/C5H8BrF2NO2/c6-2-1-3-9-5(10)11-4(7)8/h4H,1-3H2,(H,9,10). The Morgan fingerprint density at radius 3 is 2.73 bits per heavy atom. The molecule has 0 rings (SSSR count). The Balaban J connectivity index is 3.23. The van der Waals surface area contributed by atoms with Crippen molar-refractivity contribution < 1.29 is 18.3 Å². The number of halogens is 3. The molecule has 0 atom stereocenters. The maximum absolute atomic E-state index is 11.3. The van der Waals surface area contributed by atoms with Crippen LogP contribution in [0.5, 0.6) is 0 Å². The fourth-order valence-corrected chi connectivity index (χ4v) is 0.660. The normalized spacial score (nSPS) is 9.82. The Labute approximate surface area is 71.2 Å². The van der Waals surface area contributed by atoms with Crippen molar-refractivity contribution in [3.63, 3.8) is 0 Å². The number of ether oxygens (including phenoxy) is 1. The SMILES string of the molecule is O=C(NCCCBr)OC(F)F. The van der Waals surface area contributed by atoms with E-state index in [4.69, 9.17) is 0 Å². The summed E-state index contributed by atoms with van der Waals surface area (Å²) in [6.07, 6.45) is -0.404. The summed E-state index contributed by atoms with van der Waals surface area (Å²) in [5.41, 5.74) is 0. The molecule has 11 heavy (non-hydrogen) atoms. The molecular weight excluding hydrogens is 224 g/mol. The number of alkyl halides is 3. The van der Waals surface area contributed by atoms with Crippen LogP contribution in [0.15, 0.2) is 0 Å². The van der Waals surface area contributed by atoms with E-state index in [1.807, 2.05) is 0 Å². The number of hydrogen-bond acceptors (Lipinski definition) is 2. The summed E-state index contributed by atoms with van der Waals surface area (Å²) in [6, 6.07) is 0. The molecule has 0 aromatic heterocycles. The van der Waals surface area contributed by atoms with Crippen molar-refractivity contribution in [1.82, 2.24) is 5.32 Å². The molecule has 3 nitrogen and oxygen atoms in total. The van der Waals surface area contributed by atoms with Crippen LogP contribution in [0.3, 0.4) is 0 Å². The highest BCUT2D eigenvalue weighted by Crippen LogP contribution is 1.94. The average Bonchev–Trinajstić information content (AvgIpc) is 1.86. The smallest absolute Gasteiger partial charge is 0.386 e. The van der Waals surface area contributed by atoms with Crippen molar-refractivity contribution in [2.24, 2.45) is 0 Å². The van der Waals surface area contributed by atoms with Gasteiger partial charge in [0.25, 0.3) is 0 Å². The molecule has 0 aromatic rings. The lowest BCUT2D eigenvalue weighted by atomic mass is 10.5. The third-order valence-corrected chi connectivity index (χ3v) is 1.34. The zero-order valence-corrected chi connectivity index (χ0v) is 7.24. The van der Waals surface area contributed by atoms with Gasteiger partial charge >= 0.3 is 12.7 Å². The predicted molar refractivity (Wildman–Crippen MR) is 38.9 cm³/mol. The van der Waals surface area contributed by atoms with Crippen LogP contribution in [-0.2, 0) is 4.74 Å². The zero-order chi connectivity index (χ0) is 8.69. The third kappa shape index (κ3) is 7.51. The Hall–Kier alpha value is -0.390. The van der Waals surface area contributed by atoms with Crippen LogP contribution in [0.4, 0.5) is 13.6 Å². The quantitative estimate of drug-likeness (QED) is 0.592. The van der Waals surface area contributed by atoms with Gasteiger partial charge in [-0.15, -0.1) is 0 Å². The maximum atomic E-state index is 11.3. The van der Waals surface area contributed by atoms with Crippen LogP contribution < -0.4 is 5.32 Å². The Kier molecular flexibility index (Phi) is 6.10. The van der Waals surface area contributed by atoms with E-state index in [-0.39, 0.29) is 0 Å². The number of amides is 1. The summed E-state index contributed by atoms with van der Waals surface area (Å²) < 4.78 is 26.1. The molecule has 66 valence electrons. The van der Waals surface area contributed by atoms with Crippen molar-refractivity contribution in [3.05, 3.63) is 0 Å². The van der Waals surface area contributed by atoms with Gasteiger partial charge in [0, 0.05) is 11.9 Å². The van der Waals surface area contributed by atoms with E-state index in [1.54, 1.807) is 0 Å². The summed E-state index contributed by atoms with van der Waals surface area (Å²) in [7, 11) is 0. The van der Waals surface area contributed by atoms with Gasteiger partial charge in [0.15, 0.2) is 0 Å². The molecule has 0 saturated carbocycles. The van der Waals surface area contributed by atoms with Gasteiger partial charge in [-0.05, 0) is 6.42 Å². The van der Waals surface area contributed by atoms with E-state index in [2.05, 4.69) is 26.0 Å². The Morgan fingerprint density at radius 1 is 1.64 bits per heavy atom. The summed E-state index contributed by atoms with van der Waals surface area (Å²) in [4.78, 5) is 10.3. The van der Waals surface area contributed by atoms with Crippen LogP contribution in [0.25, 0.3) is 0 Å². The highest BCUT2D eigenvalue weighted by molar-refractivity contribution is 9.09. The number of nitrogens with one attached hydrogen (secondary N) is 1. The van der Waals surface area contributed by atoms with Gasteiger partial charge in [-0.3, -0.25) is 0 Å². The first-order valence-corrected chi connectivity index (χ1v) is 4.07. The van der Waals surface area contributed by atoms with Crippen molar-refractivity contribution in [3.8, 4) is 0 Å². The molecule has 0 bridgehead atoms. The first-order chi connectivity index (χ1) is 5.16. The summed E-state index contributed by atoms with van der Waals surface area (Å²) in [5.74, 6) is 0. The lowest BCUT2D eigenvalue weighted by Gasteiger charge is -2.03. The highest BCUT2D eigenvalue weighted by Gasteiger charge is 2.08. The van der Waals surface area contributed by atoms with E-state index in [0.717, 1.165) is 0 Å². The second-order valence-electron chi connectivity index (χ2n) is 1.64. The summed E-state index contributed by atoms with van der Waals surface area (Å²) in [5, 5.41) is 2.85. The van der Waals surface area contributed by atoms with Crippen LogP contribution in [0.2, 0.25) is 0 Å². The molecule has 0 saturated heterocycles. The molecule has 0 fully saturated rings. The van der Waals surface area contributed by atoms with Crippen LogP contribution >= 0.6 is 15.9 Å². The van der Waals surface area contributed by atoms with E-state index in [0.29, 0.717) is 18.3 Å². The molecule has 0 heterocycles. The average molecular weight is 232 g/mol. The first kappa shape index (κ1) is 10.6. The van der Waals surface area contributed by atoms with Crippen LogP contribution in [0.1, 0.15) is 6.42 Å². The highest BCUT2D eigenvalue weighted by atomic mass is 79.9. The van der Waals surface area contributed by atoms with Crippen molar-refractivity contribution in [2.75, 3.05) is 11.9 Å². The molecule has 0 aliphatic rings. The number of rotatable bonds is 4. The first-order valence-electron chi connectivity index (χ1n) is 2.95. The number of carbonyl (C=O) groups is 1. The van der Waals surface area contributed by atoms with Gasteiger partial charge < -0.3 is 10.1 Å². The van der Waals surface area contributed by atoms with Gasteiger partial charge in [0.05, 0.1) is 0 Å². The zero-order valence-electron chi connectivity index (χ0n) is 5.65. The molecule has 0 aliphatic carbocycles. The molecule has 0 spiro atoms. The second-order valence-corrected chi connectivity index (χ2v) is 2.43. The monoisotopic (exact) mass is 231 g/mol. The third-order valence-electron chi connectivity index (χ3n) is 0.776. The Morgan fingerprint density at radius 2 is 2.27 bits per heavy atom. The van der Waals surface area contributed by atoms with Crippen molar-refractivity contribution >= 4 is 22.0 Å². The summed E-state index contributed by atoms with van der Waals surface area (Å²) >= 11 is 3.11. The molecule has 1 N–H and O–H groups in total. The molecule has 1 amide bonds. The van der Waals surface area contributed by atoms with Gasteiger partial charge in [0.1, 0.15) is 0 Å². The minimum Gasteiger partial charge on any atom is -0.386 e. The molecule has 6 heteroatoms. The van der Waals surface area contributed by atoms with Crippen LogP contribution in [-0.4, -0.2) is 24.6 Å². The number of alkyl carbamates (subject to hydrolysis) is 1. The van der Waals surface area contributed by atoms with Gasteiger partial charge in [-0.2, -0.15) is 8.78 Å². The summed E-state index contributed by atoms with van der Waals surface area (Å²) in [6.45, 7) is -2.71. The largest absolute Gasteiger partial charge is 0.411 e. The lowest BCUT2D eigenvalue weighted by Crippen LogP contribution is -2.27. The minimum absolute atomic E-state index is 0.330. The molecule has 0 unspecified atom stereocenters. The number of hydrogen-bond donors (Lipinski definition) is 1. The fourth-order valence-electron chi connectivity index (χ4n) is 0.380. The molecule has 0 aromatic carbocycles. The van der Waals surface area contributed by atoms with Gasteiger partial charge in [-0.25, -0.2) is 4.79 Å². The van der Waals surface area contributed by atoms with E-state index < -0.39 is 12.7 Å². The van der Waals surface area contributed by atoms with Crippen molar-refractivity contribution in [2.45, 2.75) is 13.0 Å². The number of carbonyl (C=O) groups excluding carboxylic acids is 1. The van der Waals surface area contributed by atoms with Gasteiger partial charge in [0.2, 0.25) is 0 Å².